The number of nitrogens with one attached hydrogen (secondary N) is 1. The minimum absolute atomic E-state index is 0.0225. The highest BCUT2D eigenvalue weighted by atomic mass is 35.5. The van der Waals surface area contributed by atoms with E-state index in [-0.39, 0.29) is 11.5 Å². The van der Waals surface area contributed by atoms with Crippen LogP contribution in [-0.2, 0) is 9.47 Å². The number of hydrogen-bond donors (Lipinski definition) is 1. The summed E-state index contributed by atoms with van der Waals surface area (Å²) in [5, 5.41) is 4.59. The van der Waals surface area contributed by atoms with E-state index in [1.807, 2.05) is 29.2 Å². The van der Waals surface area contributed by atoms with Crippen molar-refractivity contribution >= 4 is 34.4 Å². The first kappa shape index (κ1) is 22.6. The van der Waals surface area contributed by atoms with Crippen molar-refractivity contribution in [3.05, 3.63) is 47.4 Å². The Labute approximate surface area is 209 Å². The fourth-order valence-electron chi connectivity index (χ4n) is 5.27. The van der Waals surface area contributed by atoms with Crippen molar-refractivity contribution in [3.63, 3.8) is 0 Å². The van der Waals surface area contributed by atoms with Crippen molar-refractivity contribution in [2.45, 2.75) is 43.7 Å². The summed E-state index contributed by atoms with van der Waals surface area (Å²) in [6.45, 7) is 3.30. The molecule has 1 amide bonds. The average molecular weight is 494 g/mol. The second-order valence-corrected chi connectivity index (χ2v) is 9.96. The minimum Gasteiger partial charge on any atom is -0.378 e. The third-order valence-electron chi connectivity index (χ3n) is 7.51. The van der Waals surface area contributed by atoms with Gasteiger partial charge in [0.25, 0.3) is 5.91 Å². The molecule has 2 aliphatic heterocycles. The molecular formula is C26H28ClN5O3. The molecule has 1 N–H and O–H groups in total. The zero-order valence-electron chi connectivity index (χ0n) is 19.5. The van der Waals surface area contributed by atoms with Crippen LogP contribution in [-0.4, -0.2) is 70.3 Å². The number of carbonyl (C=O) groups is 1. The SMILES string of the molecule is O=C(c1ccc(-c2cnc(Cl)c3cnc(N[C@H]4CC[C@@]5(CCO5)CC4)nc23)cc1)N1CCOCC1. The van der Waals surface area contributed by atoms with Crippen LogP contribution >= 0.6 is 11.6 Å². The van der Waals surface area contributed by atoms with Crippen LogP contribution in [0, 0.1) is 0 Å². The Morgan fingerprint density at radius 1 is 1.03 bits per heavy atom. The molecule has 8 nitrogen and oxygen atoms in total. The van der Waals surface area contributed by atoms with Gasteiger partial charge in [-0.3, -0.25) is 4.79 Å². The van der Waals surface area contributed by atoms with Crippen LogP contribution in [0.5, 0.6) is 0 Å². The molecule has 6 rings (SSSR count). The first-order valence-electron chi connectivity index (χ1n) is 12.3. The lowest BCUT2D eigenvalue weighted by atomic mass is 9.77. The lowest BCUT2D eigenvalue weighted by molar-refractivity contribution is -0.165. The number of aromatic nitrogens is 3. The predicted molar refractivity (Wildman–Crippen MR) is 134 cm³/mol. The van der Waals surface area contributed by atoms with Crippen LogP contribution in [0.1, 0.15) is 42.5 Å². The number of hydrogen-bond acceptors (Lipinski definition) is 7. The van der Waals surface area contributed by atoms with Crippen molar-refractivity contribution in [1.82, 2.24) is 19.9 Å². The standard InChI is InChI=1S/C26H28ClN5O3/c27-23-21-16-29-25(30-19-5-7-26(8-6-19)9-12-35-26)31-22(21)20(15-28-23)17-1-3-18(4-2-17)24(33)32-10-13-34-14-11-32/h1-4,15-16,19H,5-14H2,(H,29,30,31)/t19-,26-. The van der Waals surface area contributed by atoms with Crippen LogP contribution in [0.25, 0.3) is 22.0 Å². The summed E-state index contributed by atoms with van der Waals surface area (Å²) in [7, 11) is 0. The van der Waals surface area contributed by atoms with Gasteiger partial charge < -0.3 is 19.7 Å². The maximum atomic E-state index is 12.8. The van der Waals surface area contributed by atoms with Gasteiger partial charge in [-0.2, -0.15) is 0 Å². The highest BCUT2D eigenvalue weighted by Crippen LogP contribution is 2.41. The van der Waals surface area contributed by atoms with E-state index in [0.717, 1.165) is 48.9 Å². The first-order chi connectivity index (χ1) is 17.1. The summed E-state index contributed by atoms with van der Waals surface area (Å²) < 4.78 is 11.2. The van der Waals surface area contributed by atoms with Gasteiger partial charge in [0.05, 0.1) is 36.3 Å². The first-order valence-corrected chi connectivity index (χ1v) is 12.7. The van der Waals surface area contributed by atoms with Gasteiger partial charge in [0.2, 0.25) is 5.95 Å². The lowest BCUT2D eigenvalue weighted by Crippen LogP contribution is -2.48. The number of pyridine rings is 1. The molecule has 3 aliphatic rings. The lowest BCUT2D eigenvalue weighted by Gasteiger charge is -2.46. The van der Waals surface area contributed by atoms with Gasteiger partial charge in [0, 0.05) is 42.7 Å². The molecule has 2 aromatic heterocycles. The number of morpholine rings is 1. The zero-order chi connectivity index (χ0) is 23.8. The van der Waals surface area contributed by atoms with Gasteiger partial charge in [-0.1, -0.05) is 23.7 Å². The van der Waals surface area contributed by atoms with Gasteiger partial charge in [-0.25, -0.2) is 15.0 Å². The second-order valence-electron chi connectivity index (χ2n) is 9.60. The molecule has 182 valence electrons. The van der Waals surface area contributed by atoms with E-state index in [1.54, 1.807) is 12.4 Å². The molecule has 2 saturated heterocycles. The van der Waals surface area contributed by atoms with E-state index in [1.165, 1.54) is 6.42 Å². The van der Waals surface area contributed by atoms with E-state index in [9.17, 15) is 4.79 Å². The van der Waals surface area contributed by atoms with Crippen LogP contribution in [0.4, 0.5) is 5.95 Å². The molecule has 9 heteroatoms. The van der Waals surface area contributed by atoms with E-state index in [4.69, 9.17) is 26.1 Å². The van der Waals surface area contributed by atoms with Crippen molar-refractivity contribution in [2.75, 3.05) is 38.2 Å². The van der Waals surface area contributed by atoms with Crippen molar-refractivity contribution < 1.29 is 14.3 Å². The number of amides is 1. The fourth-order valence-corrected chi connectivity index (χ4v) is 5.46. The van der Waals surface area contributed by atoms with Crippen molar-refractivity contribution in [2.24, 2.45) is 0 Å². The molecule has 0 bridgehead atoms. The van der Waals surface area contributed by atoms with Gasteiger partial charge in [0.1, 0.15) is 5.15 Å². The summed E-state index contributed by atoms with van der Waals surface area (Å²) in [5.74, 6) is 0.616. The average Bonchev–Trinajstić information content (AvgIpc) is 2.89. The summed E-state index contributed by atoms with van der Waals surface area (Å²) in [6.07, 6.45) is 8.90. The van der Waals surface area contributed by atoms with E-state index in [2.05, 4.69) is 15.3 Å². The van der Waals surface area contributed by atoms with Gasteiger partial charge >= 0.3 is 0 Å². The molecule has 0 radical (unpaired) electrons. The Morgan fingerprint density at radius 3 is 2.46 bits per heavy atom. The Bertz CT molecular complexity index is 1230. The van der Waals surface area contributed by atoms with Crippen molar-refractivity contribution in [3.8, 4) is 11.1 Å². The number of carbonyl (C=O) groups excluding carboxylic acids is 1. The molecular weight excluding hydrogens is 466 g/mol. The Hall–Kier alpha value is -2.81. The van der Waals surface area contributed by atoms with Gasteiger partial charge in [-0.15, -0.1) is 0 Å². The fraction of sp³-hybridized carbons (Fsp3) is 0.462. The Kier molecular flexibility index (Phi) is 6.04. The highest BCUT2D eigenvalue weighted by Gasteiger charge is 2.41. The molecule has 35 heavy (non-hydrogen) atoms. The van der Waals surface area contributed by atoms with Gasteiger partial charge in [0.15, 0.2) is 0 Å². The number of rotatable bonds is 4. The number of benzene rings is 1. The normalized spacial score (nSPS) is 24.4. The quantitative estimate of drug-likeness (QED) is 0.541. The molecule has 4 heterocycles. The molecule has 1 saturated carbocycles. The third-order valence-corrected chi connectivity index (χ3v) is 7.81. The Morgan fingerprint density at radius 2 is 1.77 bits per heavy atom. The molecule has 3 aromatic rings. The van der Waals surface area contributed by atoms with Crippen LogP contribution in [0.2, 0.25) is 5.15 Å². The summed E-state index contributed by atoms with van der Waals surface area (Å²) in [6, 6.07) is 7.91. The predicted octanol–water partition coefficient (Wildman–Crippen LogP) is 4.33. The van der Waals surface area contributed by atoms with Crippen LogP contribution in [0.3, 0.4) is 0 Å². The zero-order valence-corrected chi connectivity index (χ0v) is 20.3. The molecule has 0 unspecified atom stereocenters. The van der Waals surface area contributed by atoms with E-state index in [0.29, 0.717) is 54.4 Å². The third kappa shape index (κ3) is 4.46. The largest absolute Gasteiger partial charge is 0.378 e. The highest BCUT2D eigenvalue weighted by molar-refractivity contribution is 6.34. The number of nitrogens with zero attached hydrogens (tertiary/aromatic N) is 4. The number of ether oxygens (including phenoxy) is 2. The van der Waals surface area contributed by atoms with E-state index < -0.39 is 0 Å². The Balaban J connectivity index is 1.24. The number of fused-ring (bicyclic) bond motifs is 1. The molecule has 3 fully saturated rings. The maximum Gasteiger partial charge on any atom is 0.254 e. The number of halogens is 1. The second kappa shape index (κ2) is 9.33. The van der Waals surface area contributed by atoms with Crippen molar-refractivity contribution in [1.29, 1.82) is 0 Å². The topological polar surface area (TPSA) is 89.5 Å². The summed E-state index contributed by atoms with van der Waals surface area (Å²) in [5.41, 5.74) is 3.30. The molecule has 0 atom stereocenters. The smallest absolute Gasteiger partial charge is 0.254 e. The van der Waals surface area contributed by atoms with Gasteiger partial charge in [-0.05, 0) is 49.8 Å². The van der Waals surface area contributed by atoms with E-state index >= 15 is 0 Å². The number of anilines is 1. The summed E-state index contributed by atoms with van der Waals surface area (Å²) in [4.78, 5) is 28.3. The molecule has 1 aliphatic carbocycles. The molecule has 1 aromatic carbocycles. The maximum absolute atomic E-state index is 12.8. The van der Waals surface area contributed by atoms with Crippen LogP contribution < -0.4 is 5.32 Å². The summed E-state index contributed by atoms with van der Waals surface area (Å²) >= 11 is 6.38. The monoisotopic (exact) mass is 493 g/mol. The molecule has 1 spiro atoms. The van der Waals surface area contributed by atoms with Crippen LogP contribution in [0.15, 0.2) is 36.7 Å². The minimum atomic E-state index is 0.0225.